The third-order valence-corrected chi connectivity index (χ3v) is 11.2. The highest BCUT2D eigenvalue weighted by Crippen LogP contribution is 2.37. The van der Waals surface area contributed by atoms with Crippen molar-refractivity contribution >= 4 is 11.7 Å². The van der Waals surface area contributed by atoms with Gasteiger partial charge in [0.15, 0.2) is 12.6 Å². The van der Waals surface area contributed by atoms with Crippen LogP contribution in [-0.2, 0) is 33.2 Å². The van der Waals surface area contributed by atoms with Crippen molar-refractivity contribution in [1.82, 2.24) is 4.90 Å². The van der Waals surface area contributed by atoms with Crippen LogP contribution in [0.15, 0.2) is 5.16 Å². The summed E-state index contributed by atoms with van der Waals surface area (Å²) in [7, 11) is 5.35. The van der Waals surface area contributed by atoms with Crippen LogP contribution >= 0.6 is 0 Å². The van der Waals surface area contributed by atoms with Crippen LogP contribution in [0.5, 0.6) is 0 Å². The van der Waals surface area contributed by atoms with Gasteiger partial charge >= 0.3 is 5.97 Å². The Morgan fingerprint density at radius 3 is 2.00 bits per heavy atom. The van der Waals surface area contributed by atoms with Gasteiger partial charge in [0.1, 0.15) is 18.3 Å². The lowest BCUT2D eigenvalue weighted by molar-refractivity contribution is -0.298. The first-order chi connectivity index (χ1) is 22.4. The van der Waals surface area contributed by atoms with E-state index in [1.165, 1.54) is 7.11 Å². The summed E-state index contributed by atoms with van der Waals surface area (Å²) < 4.78 is 37.2. The van der Waals surface area contributed by atoms with Crippen molar-refractivity contribution in [1.29, 1.82) is 0 Å². The highest BCUT2D eigenvalue weighted by Gasteiger charge is 2.47. The topological polar surface area (TPSA) is 169 Å². The van der Waals surface area contributed by atoms with Crippen LogP contribution in [0, 0.1) is 35.5 Å². The molecule has 0 unspecified atom stereocenters. The molecule has 0 aromatic heterocycles. The van der Waals surface area contributed by atoms with Crippen molar-refractivity contribution in [2.45, 2.75) is 155 Å². The second kappa shape index (κ2) is 17.7. The van der Waals surface area contributed by atoms with E-state index in [4.69, 9.17) is 28.4 Å². The van der Waals surface area contributed by atoms with Crippen LogP contribution in [-0.4, -0.2) is 132 Å². The molecule has 0 aromatic rings. The maximum absolute atomic E-state index is 13.9. The van der Waals surface area contributed by atoms with Crippen molar-refractivity contribution < 1.29 is 53.7 Å². The summed E-state index contributed by atoms with van der Waals surface area (Å²) in [5.41, 5.74) is 0.438. The average Bonchev–Trinajstić information content (AvgIpc) is 3.03. The van der Waals surface area contributed by atoms with E-state index in [0.29, 0.717) is 18.6 Å². The van der Waals surface area contributed by atoms with E-state index in [2.05, 4.69) is 5.16 Å². The third-order valence-electron chi connectivity index (χ3n) is 11.2. The number of hydrogen-bond donors (Lipinski definition) is 4. The van der Waals surface area contributed by atoms with Crippen LogP contribution in [0.4, 0.5) is 0 Å². The number of carbonyl (C=O) groups excluding carboxylic acids is 1. The third kappa shape index (κ3) is 9.46. The number of ether oxygens (including phenoxy) is 6. The molecule has 0 saturated carbocycles. The van der Waals surface area contributed by atoms with Gasteiger partial charge in [-0.15, -0.1) is 0 Å². The van der Waals surface area contributed by atoms with Gasteiger partial charge in [-0.05, 0) is 66.5 Å². The molecule has 4 N–H and O–H groups in total. The lowest BCUT2D eigenvalue weighted by Crippen LogP contribution is -2.57. The molecule has 3 rings (SSSR count). The molecule has 13 nitrogen and oxygen atoms in total. The summed E-state index contributed by atoms with van der Waals surface area (Å²) in [6.45, 7) is 16.7. The number of carbonyl (C=O) groups is 1. The van der Waals surface area contributed by atoms with E-state index in [1.54, 1.807) is 20.8 Å². The smallest absolute Gasteiger partial charge is 0.311 e. The molecule has 3 saturated heterocycles. The monoisotopic (exact) mass is 688 g/mol. The molecule has 3 fully saturated rings. The molecule has 0 amide bonds. The normalized spacial score (nSPS) is 48.2. The van der Waals surface area contributed by atoms with Gasteiger partial charge in [0.05, 0.1) is 48.3 Å². The SMILES string of the molecule is CO[C@@H]1C[C@H](O[C@H]2[C@H](C)[C@@H](O[C@@H]3O[C@H](C)C[C@H](N(C)C)[C@@H]3O)[C@@H](C)C[C@@H](C)C(=NO)[C@H](C)[C@@H](O)[C@@H](C)[C@@H](C)OC(=O)[C@@H]2C)O[C@@H](C)[C@@H]1O. The summed E-state index contributed by atoms with van der Waals surface area (Å²) in [6.07, 6.45) is -6.47. The predicted molar refractivity (Wildman–Crippen MR) is 178 cm³/mol. The van der Waals surface area contributed by atoms with Crippen LogP contribution in [0.3, 0.4) is 0 Å². The van der Waals surface area contributed by atoms with Gasteiger partial charge < -0.3 is 53.8 Å². The number of cyclic esters (lactones) is 1. The zero-order chi connectivity index (χ0) is 36.2. The minimum Gasteiger partial charge on any atom is -0.462 e. The number of methoxy groups -OCH3 is 1. The van der Waals surface area contributed by atoms with Gasteiger partial charge in [-0.1, -0.05) is 39.8 Å². The molecular weight excluding hydrogens is 624 g/mol. The fourth-order valence-electron chi connectivity index (χ4n) is 7.87. The van der Waals surface area contributed by atoms with Gasteiger partial charge in [0, 0.05) is 37.3 Å². The Labute approximate surface area is 287 Å². The predicted octanol–water partition coefficient (Wildman–Crippen LogP) is 3.04. The van der Waals surface area contributed by atoms with Crippen molar-refractivity contribution in [3.8, 4) is 0 Å². The Morgan fingerprint density at radius 1 is 0.771 bits per heavy atom. The molecule has 0 bridgehead atoms. The lowest BCUT2D eigenvalue weighted by Gasteiger charge is -2.46. The number of aliphatic hydroxyl groups is 3. The van der Waals surface area contributed by atoms with Crippen molar-refractivity contribution in [3.05, 3.63) is 0 Å². The van der Waals surface area contributed by atoms with Crippen molar-refractivity contribution in [2.24, 2.45) is 40.7 Å². The summed E-state index contributed by atoms with van der Waals surface area (Å²) in [6, 6.07) is -0.198. The van der Waals surface area contributed by atoms with Crippen LogP contribution in [0.1, 0.15) is 81.6 Å². The van der Waals surface area contributed by atoms with Crippen LogP contribution in [0.2, 0.25) is 0 Å². The molecule has 0 radical (unpaired) electrons. The number of aliphatic hydroxyl groups excluding tert-OH is 3. The van der Waals surface area contributed by atoms with E-state index < -0.39 is 91.1 Å². The van der Waals surface area contributed by atoms with Crippen LogP contribution < -0.4 is 0 Å². The number of likely N-dealkylation sites (N-methyl/N-ethyl adjacent to an activating group) is 1. The van der Waals surface area contributed by atoms with E-state index in [9.17, 15) is 25.3 Å². The minimum absolute atomic E-state index is 0.178. The lowest BCUT2D eigenvalue weighted by atomic mass is 9.76. The first-order valence-corrected chi connectivity index (χ1v) is 17.7. The van der Waals surface area contributed by atoms with Crippen LogP contribution in [0.25, 0.3) is 0 Å². The summed E-state index contributed by atoms with van der Waals surface area (Å²) >= 11 is 0. The molecule has 3 aliphatic rings. The number of oxime groups is 1. The maximum Gasteiger partial charge on any atom is 0.311 e. The van der Waals surface area contributed by atoms with Crippen molar-refractivity contribution in [3.63, 3.8) is 0 Å². The standard InChI is InChI=1S/C35H64N2O11/c1-16-13-17(2)32(48-35-31(40)25(37(10)11)14-18(3)44-35)21(6)33(47-27-15-26(43-12)30(39)24(9)45-27)22(7)34(41)46-23(8)19(4)29(38)20(5)28(16)36-42/h16-27,29-33,35,38-40,42H,13-15H2,1-12H3/t16-,17+,18-,19+,20+,21-,22-,23-,24+,25+,26-,27+,29+,30+,31+,32+,33+,35+/m1/s1. The largest absolute Gasteiger partial charge is 0.462 e. The number of nitrogens with zero attached hydrogens (tertiary/aromatic N) is 2. The Bertz CT molecular complexity index is 1050. The summed E-state index contributed by atoms with van der Waals surface area (Å²) in [5, 5.41) is 47.2. The van der Waals surface area contributed by atoms with Gasteiger partial charge in [-0.2, -0.15) is 0 Å². The van der Waals surface area contributed by atoms with E-state index in [0.717, 1.165) is 0 Å². The molecule has 3 heterocycles. The molecule has 0 aromatic carbocycles. The first-order valence-electron chi connectivity index (χ1n) is 17.7. The number of esters is 1. The molecule has 0 aliphatic carbocycles. The number of rotatable bonds is 6. The highest BCUT2D eigenvalue weighted by molar-refractivity contribution is 5.88. The number of hydrogen-bond acceptors (Lipinski definition) is 13. The van der Waals surface area contributed by atoms with Gasteiger partial charge in [0.2, 0.25) is 0 Å². The van der Waals surface area contributed by atoms with E-state index >= 15 is 0 Å². The molecule has 48 heavy (non-hydrogen) atoms. The summed E-state index contributed by atoms with van der Waals surface area (Å²) in [4.78, 5) is 15.8. The molecule has 13 heteroatoms. The van der Waals surface area contributed by atoms with Gasteiger partial charge in [-0.25, -0.2) is 0 Å². The fraction of sp³-hybridized carbons (Fsp3) is 0.943. The summed E-state index contributed by atoms with van der Waals surface area (Å²) in [5.74, 6) is -3.24. The van der Waals surface area contributed by atoms with Gasteiger partial charge in [0.25, 0.3) is 0 Å². The first kappa shape index (κ1) is 41.0. The molecule has 0 spiro atoms. The molecule has 18 atom stereocenters. The fourth-order valence-corrected chi connectivity index (χ4v) is 7.87. The van der Waals surface area contributed by atoms with Crippen molar-refractivity contribution in [2.75, 3.05) is 21.2 Å². The highest BCUT2D eigenvalue weighted by atomic mass is 16.7. The average molecular weight is 689 g/mol. The quantitative estimate of drug-likeness (QED) is 0.183. The van der Waals surface area contributed by atoms with E-state index in [1.807, 2.05) is 60.5 Å². The molecule has 3 aliphatic heterocycles. The Balaban J connectivity index is 2.09. The Morgan fingerprint density at radius 2 is 1.42 bits per heavy atom. The maximum atomic E-state index is 13.9. The zero-order valence-electron chi connectivity index (χ0n) is 31.1. The zero-order valence-corrected chi connectivity index (χ0v) is 31.1. The Hall–Kier alpha value is -1.42. The minimum atomic E-state index is -0.959. The molecule has 280 valence electrons. The van der Waals surface area contributed by atoms with Gasteiger partial charge in [-0.3, -0.25) is 4.79 Å². The second-order valence-corrected chi connectivity index (χ2v) is 15.1. The molecular formula is C35H64N2O11. The Kier molecular flexibility index (Phi) is 15.1. The van der Waals surface area contributed by atoms with E-state index in [-0.39, 0.29) is 30.4 Å². The second-order valence-electron chi connectivity index (χ2n) is 15.1.